The molecule has 1 fully saturated rings. The molecule has 0 spiro atoms. The van der Waals surface area contributed by atoms with Crippen molar-refractivity contribution in [2.75, 3.05) is 33.7 Å². The zero-order valence-corrected chi connectivity index (χ0v) is 18.1. The summed E-state index contributed by atoms with van der Waals surface area (Å²) in [6.07, 6.45) is 1.81. The summed E-state index contributed by atoms with van der Waals surface area (Å²) in [6.45, 7) is 2.45. The van der Waals surface area contributed by atoms with E-state index in [0.717, 1.165) is 41.4 Å². The van der Waals surface area contributed by atoms with Gasteiger partial charge in [-0.25, -0.2) is 4.79 Å². The Kier molecular flexibility index (Phi) is 8.28. The fraction of sp³-hybridized carbons (Fsp3) is 0.333. The molecule has 7 nitrogen and oxygen atoms in total. The molecule has 9 heteroatoms. The van der Waals surface area contributed by atoms with Crippen molar-refractivity contribution in [2.24, 2.45) is 0 Å². The van der Waals surface area contributed by atoms with Crippen LogP contribution < -0.4 is 23.6 Å². The van der Waals surface area contributed by atoms with Crippen molar-refractivity contribution < 1.29 is 42.8 Å². The van der Waals surface area contributed by atoms with Gasteiger partial charge in [-0.2, -0.15) is 0 Å². The first-order valence-electron chi connectivity index (χ1n) is 9.16. The van der Waals surface area contributed by atoms with Gasteiger partial charge in [-0.15, -0.1) is 0 Å². The van der Waals surface area contributed by atoms with Gasteiger partial charge in [-0.05, 0) is 18.2 Å². The van der Waals surface area contributed by atoms with E-state index in [4.69, 9.17) is 26.2 Å². The number of carboxylic acid groups (broad SMARTS) is 1. The van der Waals surface area contributed by atoms with Gasteiger partial charge < -0.3 is 9.84 Å². The van der Waals surface area contributed by atoms with E-state index in [2.05, 4.69) is 15.8 Å². The van der Waals surface area contributed by atoms with E-state index in [9.17, 15) is 4.79 Å². The Hall–Kier alpha value is -2.10. The third-order valence-corrected chi connectivity index (χ3v) is 5.59. The number of aromatic nitrogens is 1. The Morgan fingerprint density at radius 2 is 2.10 bits per heavy atom. The van der Waals surface area contributed by atoms with Crippen LogP contribution in [0.5, 0.6) is 5.75 Å². The second-order valence-corrected chi connectivity index (χ2v) is 7.89. The summed E-state index contributed by atoms with van der Waals surface area (Å²) < 4.78 is 6.61. The first kappa shape index (κ1) is 24.2. The van der Waals surface area contributed by atoms with Crippen LogP contribution in [0.4, 0.5) is 0 Å². The normalized spacial score (nSPS) is 19.3. The minimum atomic E-state index is -0.250. The number of halogens is 1. The van der Waals surface area contributed by atoms with E-state index in [1.165, 1.54) is 0 Å². The average Bonchev–Trinajstić information content (AvgIpc) is 2.85. The summed E-state index contributed by atoms with van der Waals surface area (Å²) in [6, 6.07) is 9.63. The third-order valence-electron chi connectivity index (χ3n) is 5.35. The summed E-state index contributed by atoms with van der Waals surface area (Å²) in [5, 5.41) is 7.53. The Labute approximate surface area is 192 Å². The number of ether oxygens (including phenoxy) is 1. The Morgan fingerprint density at radius 1 is 1.37 bits per heavy atom. The molecule has 3 heterocycles. The number of hydrogen-bond donors (Lipinski definition) is 1. The minimum Gasteiger partial charge on any atom is -0.488 e. The maximum Gasteiger partial charge on any atom is 1.00 e. The maximum atomic E-state index is 11.5. The quantitative estimate of drug-likeness (QED) is 0.289. The largest absolute Gasteiger partial charge is 1.00 e. The van der Waals surface area contributed by atoms with Crippen LogP contribution in [0.1, 0.15) is 22.9 Å². The van der Waals surface area contributed by atoms with Gasteiger partial charge >= 0.3 is 18.9 Å². The second kappa shape index (κ2) is 10.3. The van der Waals surface area contributed by atoms with E-state index in [0.29, 0.717) is 22.7 Å². The van der Waals surface area contributed by atoms with Gasteiger partial charge in [0, 0.05) is 28.9 Å². The van der Waals surface area contributed by atoms with Gasteiger partial charge in [0.05, 0.1) is 38.9 Å². The fourth-order valence-corrected chi connectivity index (χ4v) is 3.87. The monoisotopic (exact) mass is 423 g/mol. The summed E-state index contributed by atoms with van der Waals surface area (Å²) >= 11 is 6.19. The molecular weight excluding hydrogens is 401 g/mol. The van der Waals surface area contributed by atoms with E-state index >= 15 is 0 Å². The predicted molar refractivity (Wildman–Crippen MR) is 108 cm³/mol. The van der Waals surface area contributed by atoms with E-state index in [-0.39, 0.29) is 31.4 Å². The maximum absolute atomic E-state index is 11.5. The molecular formula is C21H23ClLiN3O4+2. The molecule has 152 valence electrons. The summed E-state index contributed by atoms with van der Waals surface area (Å²) in [4.78, 5) is 26.9. The number of carbonyl (C=O) groups excluding carboxylic acids is 1. The second-order valence-electron chi connectivity index (χ2n) is 7.45. The van der Waals surface area contributed by atoms with Crippen LogP contribution in [0.15, 0.2) is 42.2 Å². The molecule has 1 saturated heterocycles. The topological polar surface area (TPSA) is 79.7 Å². The molecule has 2 aliphatic heterocycles. The van der Waals surface area contributed by atoms with Crippen molar-refractivity contribution in [3.63, 3.8) is 0 Å². The summed E-state index contributed by atoms with van der Waals surface area (Å²) in [5.41, 5.74) is 3.81. The zero-order valence-electron chi connectivity index (χ0n) is 17.3. The molecule has 1 aromatic carbocycles. The van der Waals surface area contributed by atoms with Crippen LogP contribution in [-0.2, 0) is 16.2 Å². The van der Waals surface area contributed by atoms with E-state index in [1.807, 2.05) is 50.6 Å². The molecule has 0 unspecified atom stereocenters. The third kappa shape index (κ3) is 4.96. The first-order valence-corrected chi connectivity index (χ1v) is 9.54. The zero-order chi connectivity index (χ0) is 21.0. The van der Waals surface area contributed by atoms with Gasteiger partial charge in [-0.3, -0.25) is 19.2 Å². The number of rotatable bonds is 1. The molecule has 1 atom stereocenters. The molecule has 1 aromatic heterocycles. The number of hydrogen-bond acceptors (Lipinski definition) is 5. The van der Waals surface area contributed by atoms with Crippen LogP contribution in [0.2, 0.25) is 5.02 Å². The Bertz CT molecular complexity index is 963. The van der Waals surface area contributed by atoms with Crippen molar-refractivity contribution in [2.45, 2.75) is 12.6 Å². The molecule has 2 aliphatic rings. The van der Waals surface area contributed by atoms with Gasteiger partial charge in [0.1, 0.15) is 12.4 Å². The predicted octanol–water partition coefficient (Wildman–Crippen LogP) is -0.471. The molecule has 0 amide bonds. The first-order chi connectivity index (χ1) is 13.9. The van der Waals surface area contributed by atoms with Crippen LogP contribution in [0.25, 0.3) is 0 Å². The number of pyridine rings is 1. The molecule has 0 bridgehead atoms. The van der Waals surface area contributed by atoms with E-state index in [1.54, 1.807) is 0 Å². The van der Waals surface area contributed by atoms with E-state index < -0.39 is 0 Å². The molecule has 30 heavy (non-hydrogen) atoms. The smallest absolute Gasteiger partial charge is 0.488 e. The van der Waals surface area contributed by atoms with Crippen molar-refractivity contribution in [3.8, 4) is 5.75 Å². The molecule has 1 N–H and O–H groups in total. The van der Waals surface area contributed by atoms with Gasteiger partial charge in [0.2, 0.25) is 5.70 Å². The van der Waals surface area contributed by atoms with Gasteiger partial charge in [-0.1, -0.05) is 23.7 Å². The van der Waals surface area contributed by atoms with Gasteiger partial charge in [0.25, 0.3) is 6.47 Å². The molecule has 2 aromatic rings. The molecule has 0 radical (unpaired) electrons. The SMILES string of the molecule is C[N+]1(C)CCN([C@H]2c3ccc(Cl)cc3OCc3cccnc32)CC1=C=O.O=CO.[Li+]. The average molecular weight is 424 g/mol. The van der Waals surface area contributed by atoms with Crippen molar-refractivity contribution in [1.82, 2.24) is 9.88 Å². The van der Waals surface area contributed by atoms with Crippen LogP contribution >= 0.6 is 11.6 Å². The standard InChI is InChI=1S/C20H21ClN3O2.CH2O2.Li/c1-24(2)9-8-23(11-16(24)12-25)20-17-6-5-15(21)10-18(17)26-13-14-4-3-7-22-19(14)20;2-1-3;/h3-7,10,20H,8-9,11,13H2,1-2H3;1H,(H,2,3);/q+1;;+1/t20-;;/m0../s1. The van der Waals surface area contributed by atoms with Crippen LogP contribution in [0.3, 0.4) is 0 Å². The number of piperazine rings is 1. The van der Waals surface area contributed by atoms with Crippen LogP contribution in [0, 0.1) is 0 Å². The number of nitrogens with zero attached hydrogens (tertiary/aromatic N) is 3. The molecule has 4 rings (SSSR count). The summed E-state index contributed by atoms with van der Waals surface area (Å²) in [7, 11) is 4.10. The van der Waals surface area contributed by atoms with Crippen molar-refractivity contribution in [3.05, 3.63) is 64.1 Å². The van der Waals surface area contributed by atoms with Gasteiger partial charge in [0.15, 0.2) is 5.94 Å². The number of fused-ring (bicyclic) bond motifs is 2. The fourth-order valence-electron chi connectivity index (χ4n) is 3.70. The Morgan fingerprint density at radius 3 is 2.80 bits per heavy atom. The number of likely N-dealkylation sites (N-methyl/N-ethyl adjacent to an activating group) is 1. The number of quaternary nitrogens is 1. The van der Waals surface area contributed by atoms with Crippen molar-refractivity contribution in [1.29, 1.82) is 0 Å². The number of carbonyl (C=O) groups is 1. The summed E-state index contributed by atoms with van der Waals surface area (Å²) in [5.74, 6) is 2.93. The van der Waals surface area contributed by atoms with Crippen molar-refractivity contribution >= 4 is 24.0 Å². The minimum absolute atomic E-state index is 0. The Balaban J connectivity index is 0.000000757. The molecule has 0 saturated carbocycles. The number of benzene rings is 1. The van der Waals surface area contributed by atoms with Crippen LogP contribution in [-0.4, -0.2) is 65.6 Å². The molecule has 0 aliphatic carbocycles.